The molecule has 0 spiro atoms. The quantitative estimate of drug-likeness (QED) is 0.825. The fourth-order valence-corrected chi connectivity index (χ4v) is 2.14. The van der Waals surface area contributed by atoms with Crippen LogP contribution in [0, 0.1) is 0 Å². The summed E-state index contributed by atoms with van der Waals surface area (Å²) in [6, 6.07) is 8.65. The van der Waals surface area contributed by atoms with Gasteiger partial charge in [0, 0.05) is 19.5 Å². The van der Waals surface area contributed by atoms with Crippen LogP contribution in [0.4, 0.5) is 0 Å². The molecule has 0 bridgehead atoms. The number of nitrogens with one attached hydrogen (secondary N) is 1. The van der Waals surface area contributed by atoms with E-state index in [0.29, 0.717) is 5.92 Å². The minimum absolute atomic E-state index is 0.587. The second-order valence-corrected chi connectivity index (χ2v) is 4.64. The highest BCUT2D eigenvalue weighted by molar-refractivity contribution is 5.83. The van der Waals surface area contributed by atoms with Crippen LogP contribution in [0.5, 0.6) is 0 Å². The Balaban J connectivity index is 2.03. The van der Waals surface area contributed by atoms with Crippen LogP contribution in [0.15, 0.2) is 29.3 Å². The van der Waals surface area contributed by atoms with E-state index in [4.69, 9.17) is 0 Å². The summed E-state index contributed by atoms with van der Waals surface area (Å²) in [4.78, 5) is 4.43. The molecule has 2 rings (SSSR count). The second kappa shape index (κ2) is 5.15. The summed E-state index contributed by atoms with van der Waals surface area (Å²) < 4.78 is 0. The molecule has 1 N–H and O–H groups in total. The van der Waals surface area contributed by atoms with Gasteiger partial charge in [0.15, 0.2) is 0 Å². The number of hydrogen-bond acceptors (Lipinski definition) is 2. The van der Waals surface area contributed by atoms with Crippen molar-refractivity contribution in [2.45, 2.75) is 39.2 Å². The molecule has 86 valence electrons. The first-order valence-electron chi connectivity index (χ1n) is 6.12. The van der Waals surface area contributed by atoms with Gasteiger partial charge in [0.2, 0.25) is 0 Å². The van der Waals surface area contributed by atoms with Crippen molar-refractivity contribution in [3.05, 3.63) is 35.4 Å². The Kier molecular flexibility index (Phi) is 3.60. The smallest absolute Gasteiger partial charge is 0.0966 e. The molecule has 0 radical (unpaired) electrons. The van der Waals surface area contributed by atoms with Gasteiger partial charge in [-0.25, -0.2) is 0 Å². The third-order valence-electron chi connectivity index (χ3n) is 3.03. The fraction of sp³-hybridized carbons (Fsp3) is 0.500. The third kappa shape index (κ3) is 2.63. The minimum Gasteiger partial charge on any atom is -0.370 e. The average Bonchev–Trinajstić information content (AvgIpc) is 2.79. The predicted molar refractivity (Wildman–Crippen MR) is 68.9 cm³/mol. The first-order chi connectivity index (χ1) is 7.77. The Bertz CT molecular complexity index is 380. The van der Waals surface area contributed by atoms with Gasteiger partial charge in [0.05, 0.1) is 5.84 Å². The van der Waals surface area contributed by atoms with Crippen molar-refractivity contribution >= 4 is 5.84 Å². The second-order valence-electron chi connectivity index (χ2n) is 4.64. The molecular formula is C14H20N2. The SMILES string of the molecule is CC(C)c1ccccc1CNC1=NCCC1. The standard InChI is InChI=1S/C14H20N2/c1-11(2)13-7-4-3-6-12(13)10-16-14-8-5-9-15-14/h3-4,6-7,11H,5,8-10H2,1-2H3,(H,15,16). The molecule has 1 aliphatic rings. The van der Waals surface area contributed by atoms with E-state index in [2.05, 4.69) is 48.4 Å². The molecule has 1 aliphatic heterocycles. The first kappa shape index (κ1) is 11.2. The molecule has 0 fully saturated rings. The van der Waals surface area contributed by atoms with Crippen LogP contribution in [0.1, 0.15) is 43.7 Å². The summed E-state index contributed by atoms with van der Waals surface area (Å²) in [6.07, 6.45) is 2.32. The van der Waals surface area contributed by atoms with Crippen molar-refractivity contribution < 1.29 is 0 Å². The van der Waals surface area contributed by atoms with Gasteiger partial charge < -0.3 is 5.32 Å². The van der Waals surface area contributed by atoms with Crippen molar-refractivity contribution in [3.8, 4) is 0 Å². The van der Waals surface area contributed by atoms with Crippen molar-refractivity contribution in [3.63, 3.8) is 0 Å². The Hall–Kier alpha value is -1.31. The summed E-state index contributed by atoms with van der Waals surface area (Å²) in [6.45, 7) is 6.39. The maximum Gasteiger partial charge on any atom is 0.0966 e. The molecule has 0 saturated carbocycles. The van der Waals surface area contributed by atoms with E-state index >= 15 is 0 Å². The van der Waals surface area contributed by atoms with Crippen LogP contribution >= 0.6 is 0 Å². The molecular weight excluding hydrogens is 196 g/mol. The highest BCUT2D eigenvalue weighted by Crippen LogP contribution is 2.19. The summed E-state index contributed by atoms with van der Waals surface area (Å²) >= 11 is 0. The molecule has 1 aromatic rings. The highest BCUT2D eigenvalue weighted by atomic mass is 15.0. The van der Waals surface area contributed by atoms with E-state index in [1.54, 1.807) is 0 Å². The van der Waals surface area contributed by atoms with E-state index in [0.717, 1.165) is 19.5 Å². The van der Waals surface area contributed by atoms with Gasteiger partial charge in [-0.05, 0) is 23.5 Å². The van der Waals surface area contributed by atoms with Crippen molar-refractivity contribution in [1.82, 2.24) is 5.32 Å². The predicted octanol–water partition coefficient (Wildman–Crippen LogP) is 3.09. The van der Waals surface area contributed by atoms with Crippen LogP contribution in [0.25, 0.3) is 0 Å². The summed E-state index contributed by atoms with van der Waals surface area (Å²) in [5, 5.41) is 3.44. The van der Waals surface area contributed by atoms with Crippen molar-refractivity contribution in [2.75, 3.05) is 6.54 Å². The Morgan fingerprint density at radius 2 is 2.12 bits per heavy atom. The maximum atomic E-state index is 4.43. The van der Waals surface area contributed by atoms with Crippen LogP contribution in [0.3, 0.4) is 0 Å². The van der Waals surface area contributed by atoms with Gasteiger partial charge in [-0.2, -0.15) is 0 Å². The van der Waals surface area contributed by atoms with Gasteiger partial charge in [-0.1, -0.05) is 38.1 Å². The normalized spacial score (nSPS) is 15.3. The molecule has 0 atom stereocenters. The summed E-state index contributed by atoms with van der Waals surface area (Å²) in [5.41, 5.74) is 2.83. The average molecular weight is 216 g/mol. The van der Waals surface area contributed by atoms with Crippen LogP contribution in [0.2, 0.25) is 0 Å². The Labute approximate surface area is 97.8 Å². The van der Waals surface area contributed by atoms with Gasteiger partial charge in [0.25, 0.3) is 0 Å². The van der Waals surface area contributed by atoms with E-state index in [1.807, 2.05) is 0 Å². The number of benzene rings is 1. The Morgan fingerprint density at radius 1 is 1.31 bits per heavy atom. The molecule has 0 aliphatic carbocycles. The van der Waals surface area contributed by atoms with Crippen molar-refractivity contribution in [1.29, 1.82) is 0 Å². The van der Waals surface area contributed by atoms with Gasteiger partial charge in [0.1, 0.15) is 0 Å². The number of amidine groups is 1. The van der Waals surface area contributed by atoms with Gasteiger partial charge in [-0.3, -0.25) is 4.99 Å². The number of hydrogen-bond donors (Lipinski definition) is 1. The van der Waals surface area contributed by atoms with Gasteiger partial charge >= 0.3 is 0 Å². The summed E-state index contributed by atoms with van der Waals surface area (Å²) in [7, 11) is 0. The zero-order valence-electron chi connectivity index (χ0n) is 10.2. The van der Waals surface area contributed by atoms with Crippen molar-refractivity contribution in [2.24, 2.45) is 4.99 Å². The minimum atomic E-state index is 0.587. The molecule has 0 aromatic heterocycles. The zero-order valence-corrected chi connectivity index (χ0v) is 10.2. The Morgan fingerprint density at radius 3 is 2.81 bits per heavy atom. The lowest BCUT2D eigenvalue weighted by molar-refractivity contribution is 0.812. The number of nitrogens with zero attached hydrogens (tertiary/aromatic N) is 1. The molecule has 0 amide bonds. The molecule has 0 saturated heterocycles. The maximum absolute atomic E-state index is 4.43. The topological polar surface area (TPSA) is 24.4 Å². The van der Waals surface area contributed by atoms with E-state index < -0.39 is 0 Å². The zero-order chi connectivity index (χ0) is 11.4. The van der Waals surface area contributed by atoms with Crippen LogP contribution in [-0.2, 0) is 6.54 Å². The van der Waals surface area contributed by atoms with Crippen LogP contribution in [-0.4, -0.2) is 12.4 Å². The number of rotatable bonds is 3. The summed E-state index contributed by atoms with van der Waals surface area (Å²) in [5.74, 6) is 1.77. The molecule has 16 heavy (non-hydrogen) atoms. The lowest BCUT2D eigenvalue weighted by Gasteiger charge is -2.13. The van der Waals surface area contributed by atoms with Gasteiger partial charge in [-0.15, -0.1) is 0 Å². The van der Waals surface area contributed by atoms with Crippen LogP contribution < -0.4 is 5.32 Å². The molecule has 2 heteroatoms. The monoisotopic (exact) mass is 216 g/mol. The fourth-order valence-electron chi connectivity index (χ4n) is 2.14. The molecule has 0 unspecified atom stereocenters. The molecule has 1 aromatic carbocycles. The lowest BCUT2D eigenvalue weighted by atomic mass is 9.97. The largest absolute Gasteiger partial charge is 0.370 e. The van der Waals surface area contributed by atoms with E-state index in [9.17, 15) is 0 Å². The molecule has 1 heterocycles. The number of aliphatic imine (C=N–C) groups is 1. The molecule has 2 nitrogen and oxygen atoms in total. The highest BCUT2D eigenvalue weighted by Gasteiger charge is 2.08. The first-order valence-corrected chi connectivity index (χ1v) is 6.12. The van der Waals surface area contributed by atoms with E-state index in [1.165, 1.54) is 23.4 Å². The lowest BCUT2D eigenvalue weighted by Crippen LogP contribution is -2.21. The third-order valence-corrected chi connectivity index (χ3v) is 3.03. The van der Waals surface area contributed by atoms with E-state index in [-0.39, 0.29) is 0 Å².